The summed E-state index contributed by atoms with van der Waals surface area (Å²) in [5.74, 6) is 0.353. The molecule has 5 nitrogen and oxygen atoms in total. The van der Waals surface area contributed by atoms with Crippen LogP contribution in [0.1, 0.15) is 49.0 Å². The molecule has 0 fully saturated rings. The first kappa shape index (κ1) is 16.5. The van der Waals surface area contributed by atoms with E-state index >= 15 is 0 Å². The average molecular weight is 304 g/mol. The number of anilines is 1. The molecule has 0 saturated carbocycles. The Morgan fingerprint density at radius 2 is 2.09 bits per heavy atom. The molecule has 0 aromatic heterocycles. The quantitative estimate of drug-likeness (QED) is 0.782. The van der Waals surface area contributed by atoms with Gasteiger partial charge < -0.3 is 15.7 Å². The minimum Gasteiger partial charge on any atom is -0.393 e. The smallest absolute Gasteiger partial charge is 0.319 e. The van der Waals surface area contributed by atoms with Gasteiger partial charge >= 0.3 is 6.03 Å². The number of carbonyl (C=O) groups excluding carboxylic acids is 2. The van der Waals surface area contributed by atoms with Crippen LogP contribution in [0.5, 0.6) is 0 Å². The van der Waals surface area contributed by atoms with E-state index in [-0.39, 0.29) is 23.8 Å². The first-order valence-electron chi connectivity index (χ1n) is 7.84. The predicted molar refractivity (Wildman–Crippen MR) is 86.2 cm³/mol. The van der Waals surface area contributed by atoms with Gasteiger partial charge in [-0.3, -0.25) is 4.79 Å². The third-order valence-electron chi connectivity index (χ3n) is 3.87. The SMILES string of the molecule is CC(O)CC(C)CNC(=O)Nc1ccc2c(c1)C(=O)CCC2. The van der Waals surface area contributed by atoms with Crippen molar-refractivity contribution in [2.45, 2.75) is 45.6 Å². The van der Waals surface area contributed by atoms with Gasteiger partial charge in [-0.05, 0) is 49.8 Å². The van der Waals surface area contributed by atoms with Crippen molar-refractivity contribution in [1.29, 1.82) is 0 Å². The molecule has 0 spiro atoms. The number of benzene rings is 1. The molecule has 5 heteroatoms. The Bertz CT molecular complexity index is 555. The highest BCUT2D eigenvalue weighted by molar-refractivity contribution is 6.00. The number of fused-ring (bicyclic) bond motifs is 1. The van der Waals surface area contributed by atoms with Crippen LogP contribution < -0.4 is 10.6 Å². The third kappa shape index (κ3) is 4.56. The molecule has 2 amide bonds. The maximum Gasteiger partial charge on any atom is 0.319 e. The van der Waals surface area contributed by atoms with E-state index in [4.69, 9.17) is 0 Å². The summed E-state index contributed by atoms with van der Waals surface area (Å²) in [6.45, 7) is 4.21. The number of carbonyl (C=O) groups is 2. The Morgan fingerprint density at radius 1 is 1.32 bits per heavy atom. The molecule has 0 saturated heterocycles. The molecular weight excluding hydrogens is 280 g/mol. The molecule has 2 atom stereocenters. The van der Waals surface area contributed by atoms with E-state index in [1.807, 2.05) is 19.1 Å². The normalized spacial score (nSPS) is 16.6. The number of Topliss-reactive ketones (excluding diaryl/α,β-unsaturated/α-hetero) is 1. The van der Waals surface area contributed by atoms with Gasteiger partial charge in [-0.25, -0.2) is 4.79 Å². The summed E-state index contributed by atoms with van der Waals surface area (Å²) in [7, 11) is 0. The molecular formula is C17H24N2O3. The van der Waals surface area contributed by atoms with Crippen LogP contribution in [0.2, 0.25) is 0 Å². The number of amides is 2. The second kappa shape index (κ2) is 7.40. The number of ketones is 1. The molecule has 120 valence electrons. The van der Waals surface area contributed by atoms with Crippen molar-refractivity contribution >= 4 is 17.5 Å². The van der Waals surface area contributed by atoms with Gasteiger partial charge in [0.15, 0.2) is 5.78 Å². The van der Waals surface area contributed by atoms with Crippen molar-refractivity contribution in [3.63, 3.8) is 0 Å². The van der Waals surface area contributed by atoms with Crippen LogP contribution in [-0.2, 0) is 6.42 Å². The van der Waals surface area contributed by atoms with Gasteiger partial charge in [0.25, 0.3) is 0 Å². The molecule has 0 aliphatic heterocycles. The lowest BCUT2D eigenvalue weighted by molar-refractivity contribution is 0.0972. The number of rotatable bonds is 5. The van der Waals surface area contributed by atoms with Crippen LogP contribution in [0, 0.1) is 5.92 Å². The van der Waals surface area contributed by atoms with E-state index in [9.17, 15) is 14.7 Å². The Balaban J connectivity index is 1.89. The first-order valence-corrected chi connectivity index (χ1v) is 7.84. The van der Waals surface area contributed by atoms with E-state index in [0.717, 1.165) is 24.0 Å². The van der Waals surface area contributed by atoms with Crippen molar-refractivity contribution in [2.75, 3.05) is 11.9 Å². The molecule has 0 bridgehead atoms. The Morgan fingerprint density at radius 3 is 2.82 bits per heavy atom. The largest absolute Gasteiger partial charge is 0.393 e. The molecule has 1 aliphatic rings. The van der Waals surface area contributed by atoms with Gasteiger partial charge in [-0.15, -0.1) is 0 Å². The van der Waals surface area contributed by atoms with Gasteiger partial charge in [0.1, 0.15) is 0 Å². The average Bonchev–Trinajstić information content (AvgIpc) is 2.45. The fourth-order valence-corrected chi connectivity index (χ4v) is 2.81. The zero-order chi connectivity index (χ0) is 16.1. The summed E-state index contributed by atoms with van der Waals surface area (Å²) in [4.78, 5) is 23.8. The highest BCUT2D eigenvalue weighted by Crippen LogP contribution is 2.24. The van der Waals surface area contributed by atoms with Crippen LogP contribution >= 0.6 is 0 Å². The lowest BCUT2D eigenvalue weighted by Gasteiger charge is -2.17. The van der Waals surface area contributed by atoms with Gasteiger partial charge in [0, 0.05) is 24.2 Å². The molecule has 0 radical (unpaired) electrons. The second-order valence-corrected chi connectivity index (χ2v) is 6.17. The second-order valence-electron chi connectivity index (χ2n) is 6.17. The first-order chi connectivity index (χ1) is 10.5. The van der Waals surface area contributed by atoms with Crippen molar-refractivity contribution in [1.82, 2.24) is 5.32 Å². The number of hydrogen-bond acceptors (Lipinski definition) is 3. The summed E-state index contributed by atoms with van der Waals surface area (Å²) in [6.07, 6.45) is 2.68. The number of nitrogens with one attached hydrogen (secondary N) is 2. The summed E-state index contributed by atoms with van der Waals surface area (Å²) in [6, 6.07) is 5.21. The summed E-state index contributed by atoms with van der Waals surface area (Å²) >= 11 is 0. The van der Waals surface area contributed by atoms with E-state index in [0.29, 0.717) is 25.1 Å². The number of aryl methyl sites for hydroxylation is 1. The molecule has 3 N–H and O–H groups in total. The monoisotopic (exact) mass is 304 g/mol. The van der Waals surface area contributed by atoms with E-state index in [2.05, 4.69) is 10.6 Å². The van der Waals surface area contributed by atoms with E-state index in [1.54, 1.807) is 13.0 Å². The van der Waals surface area contributed by atoms with Gasteiger partial charge in [0.2, 0.25) is 0 Å². The third-order valence-corrected chi connectivity index (χ3v) is 3.87. The van der Waals surface area contributed by atoms with Crippen molar-refractivity contribution in [2.24, 2.45) is 5.92 Å². The molecule has 2 rings (SSSR count). The highest BCUT2D eigenvalue weighted by Gasteiger charge is 2.17. The molecule has 1 aromatic rings. The Labute approximate surface area is 131 Å². The standard InChI is InChI=1S/C17H24N2O3/c1-11(8-12(2)20)10-18-17(22)19-14-7-6-13-4-3-5-16(21)15(13)9-14/h6-7,9,11-12,20H,3-5,8,10H2,1-2H3,(H2,18,19,22). The fourth-order valence-electron chi connectivity index (χ4n) is 2.81. The molecule has 22 heavy (non-hydrogen) atoms. The number of hydrogen-bond donors (Lipinski definition) is 3. The Kier molecular flexibility index (Phi) is 5.55. The zero-order valence-corrected chi connectivity index (χ0v) is 13.2. The molecule has 0 heterocycles. The van der Waals surface area contributed by atoms with Crippen LogP contribution in [-0.4, -0.2) is 29.6 Å². The predicted octanol–water partition coefficient (Wildman–Crippen LogP) is 2.73. The van der Waals surface area contributed by atoms with E-state index < -0.39 is 0 Å². The Hall–Kier alpha value is -1.88. The van der Waals surface area contributed by atoms with E-state index in [1.165, 1.54) is 0 Å². The topological polar surface area (TPSA) is 78.4 Å². The lowest BCUT2D eigenvalue weighted by atomic mass is 9.90. The highest BCUT2D eigenvalue weighted by atomic mass is 16.3. The van der Waals surface area contributed by atoms with Crippen molar-refractivity contribution in [3.8, 4) is 0 Å². The fraction of sp³-hybridized carbons (Fsp3) is 0.529. The minimum absolute atomic E-state index is 0.149. The minimum atomic E-state index is -0.369. The zero-order valence-electron chi connectivity index (χ0n) is 13.2. The summed E-state index contributed by atoms with van der Waals surface area (Å²) in [5, 5.41) is 14.8. The maximum absolute atomic E-state index is 11.9. The number of aliphatic hydroxyl groups is 1. The summed E-state index contributed by atoms with van der Waals surface area (Å²) < 4.78 is 0. The van der Waals surface area contributed by atoms with Crippen LogP contribution in [0.15, 0.2) is 18.2 Å². The van der Waals surface area contributed by atoms with Crippen molar-refractivity contribution < 1.29 is 14.7 Å². The number of aliphatic hydroxyl groups excluding tert-OH is 1. The number of urea groups is 1. The van der Waals surface area contributed by atoms with Gasteiger partial charge in [-0.2, -0.15) is 0 Å². The van der Waals surface area contributed by atoms with Crippen LogP contribution in [0.25, 0.3) is 0 Å². The lowest BCUT2D eigenvalue weighted by Crippen LogP contribution is -2.33. The van der Waals surface area contributed by atoms with Crippen molar-refractivity contribution in [3.05, 3.63) is 29.3 Å². The molecule has 1 aromatic carbocycles. The van der Waals surface area contributed by atoms with Gasteiger partial charge in [0.05, 0.1) is 6.10 Å². The molecule has 1 aliphatic carbocycles. The molecule has 2 unspecified atom stereocenters. The maximum atomic E-state index is 11.9. The van der Waals surface area contributed by atoms with Crippen LogP contribution in [0.3, 0.4) is 0 Å². The summed E-state index contributed by atoms with van der Waals surface area (Å²) in [5.41, 5.74) is 2.42. The van der Waals surface area contributed by atoms with Gasteiger partial charge in [-0.1, -0.05) is 13.0 Å². The van der Waals surface area contributed by atoms with Crippen LogP contribution in [0.4, 0.5) is 10.5 Å².